The van der Waals surface area contributed by atoms with Crippen molar-refractivity contribution in [2.24, 2.45) is 11.7 Å². The Kier molecular flexibility index (Phi) is 4.94. The minimum Gasteiger partial charge on any atom is -0.460 e. The van der Waals surface area contributed by atoms with Crippen LogP contribution in [0.1, 0.15) is 24.0 Å². The zero-order valence-corrected chi connectivity index (χ0v) is 11.9. The van der Waals surface area contributed by atoms with Crippen molar-refractivity contribution < 1.29 is 18.7 Å². The summed E-state index contributed by atoms with van der Waals surface area (Å²) in [5, 5.41) is 8.79. The summed E-state index contributed by atoms with van der Waals surface area (Å²) in [6, 6.07) is 5.20. The molecular weight excluding hydrogens is 289 g/mol. The standard InChI is InChI=1S/C15H16FN3O3/c16-13-4-3-10(7-17)6-12(13)9-22-14(20)11-2-1-5-19(8-11)15(18)21/h3-4,6,11H,1-2,5,8-9H2,(H2,18,21). The number of likely N-dealkylation sites (tertiary alicyclic amines) is 1. The Labute approximate surface area is 127 Å². The summed E-state index contributed by atoms with van der Waals surface area (Å²) in [4.78, 5) is 24.5. The first kappa shape index (κ1) is 15.8. The zero-order valence-electron chi connectivity index (χ0n) is 11.9. The molecule has 0 aliphatic carbocycles. The number of halogens is 1. The lowest BCUT2D eigenvalue weighted by molar-refractivity contribution is -0.151. The fourth-order valence-electron chi connectivity index (χ4n) is 2.39. The molecule has 6 nitrogen and oxygen atoms in total. The Balaban J connectivity index is 1.95. The maximum absolute atomic E-state index is 13.6. The first-order valence-corrected chi connectivity index (χ1v) is 6.91. The summed E-state index contributed by atoms with van der Waals surface area (Å²) in [6.45, 7) is 0.500. The van der Waals surface area contributed by atoms with E-state index in [1.54, 1.807) is 0 Å². The van der Waals surface area contributed by atoms with E-state index in [9.17, 15) is 14.0 Å². The van der Waals surface area contributed by atoms with Crippen LogP contribution in [0.5, 0.6) is 0 Å². The fourth-order valence-corrected chi connectivity index (χ4v) is 2.39. The van der Waals surface area contributed by atoms with Crippen LogP contribution in [0.3, 0.4) is 0 Å². The topological polar surface area (TPSA) is 96.4 Å². The van der Waals surface area contributed by atoms with Crippen molar-refractivity contribution in [3.05, 3.63) is 35.1 Å². The number of nitriles is 1. The number of carbonyl (C=O) groups is 2. The predicted molar refractivity (Wildman–Crippen MR) is 74.8 cm³/mol. The number of hydrogen-bond donors (Lipinski definition) is 1. The summed E-state index contributed by atoms with van der Waals surface area (Å²) < 4.78 is 18.7. The van der Waals surface area contributed by atoms with Gasteiger partial charge in [0.05, 0.1) is 17.6 Å². The molecule has 1 aliphatic rings. The van der Waals surface area contributed by atoms with Crippen LogP contribution in [-0.4, -0.2) is 30.0 Å². The molecule has 22 heavy (non-hydrogen) atoms. The number of esters is 1. The van der Waals surface area contributed by atoms with Crippen LogP contribution in [0.25, 0.3) is 0 Å². The molecule has 0 radical (unpaired) electrons. The molecule has 1 atom stereocenters. The Hall–Kier alpha value is -2.62. The van der Waals surface area contributed by atoms with E-state index in [4.69, 9.17) is 15.7 Å². The van der Waals surface area contributed by atoms with Crippen LogP contribution in [-0.2, 0) is 16.1 Å². The molecule has 1 aromatic carbocycles. The van der Waals surface area contributed by atoms with Crippen molar-refractivity contribution in [2.45, 2.75) is 19.4 Å². The Morgan fingerprint density at radius 1 is 1.50 bits per heavy atom. The van der Waals surface area contributed by atoms with Gasteiger partial charge in [-0.15, -0.1) is 0 Å². The van der Waals surface area contributed by atoms with Crippen molar-refractivity contribution >= 4 is 12.0 Å². The first-order valence-electron chi connectivity index (χ1n) is 6.91. The van der Waals surface area contributed by atoms with Gasteiger partial charge in [0.1, 0.15) is 12.4 Å². The largest absolute Gasteiger partial charge is 0.460 e. The number of urea groups is 1. The van der Waals surface area contributed by atoms with E-state index in [2.05, 4.69) is 0 Å². The highest BCUT2D eigenvalue weighted by atomic mass is 19.1. The highest BCUT2D eigenvalue weighted by Gasteiger charge is 2.28. The number of ether oxygens (including phenoxy) is 1. The fraction of sp³-hybridized carbons (Fsp3) is 0.400. The quantitative estimate of drug-likeness (QED) is 0.856. The molecule has 0 saturated carbocycles. The molecule has 1 aromatic rings. The number of piperidine rings is 1. The van der Waals surface area contributed by atoms with Crippen LogP contribution >= 0.6 is 0 Å². The van der Waals surface area contributed by atoms with Crippen LogP contribution < -0.4 is 5.73 Å². The van der Waals surface area contributed by atoms with Crippen LogP contribution in [0.2, 0.25) is 0 Å². The predicted octanol–water partition coefficient (Wildman–Crippen LogP) is 1.53. The van der Waals surface area contributed by atoms with Crippen molar-refractivity contribution in [2.75, 3.05) is 13.1 Å². The van der Waals surface area contributed by atoms with Crippen molar-refractivity contribution in [1.82, 2.24) is 4.90 Å². The summed E-state index contributed by atoms with van der Waals surface area (Å²) in [5.41, 5.74) is 5.65. The third-order valence-electron chi connectivity index (χ3n) is 3.61. The van der Waals surface area contributed by atoms with E-state index < -0.39 is 23.7 Å². The lowest BCUT2D eigenvalue weighted by Gasteiger charge is -2.30. The number of primary amides is 1. The maximum atomic E-state index is 13.6. The van der Waals surface area contributed by atoms with Gasteiger partial charge in [-0.05, 0) is 31.0 Å². The Morgan fingerprint density at radius 2 is 2.27 bits per heavy atom. The van der Waals surface area contributed by atoms with Crippen LogP contribution in [0.4, 0.5) is 9.18 Å². The van der Waals surface area contributed by atoms with Gasteiger partial charge in [-0.25, -0.2) is 9.18 Å². The number of rotatable bonds is 3. The highest BCUT2D eigenvalue weighted by Crippen LogP contribution is 2.19. The average Bonchev–Trinajstić information content (AvgIpc) is 2.53. The smallest absolute Gasteiger partial charge is 0.314 e. The highest BCUT2D eigenvalue weighted by molar-refractivity contribution is 5.76. The monoisotopic (exact) mass is 305 g/mol. The molecule has 1 aliphatic heterocycles. The van der Waals surface area contributed by atoms with Gasteiger partial charge in [0, 0.05) is 18.7 Å². The normalized spacial score (nSPS) is 17.6. The van der Waals surface area contributed by atoms with E-state index in [-0.39, 0.29) is 18.7 Å². The molecule has 0 bridgehead atoms. The zero-order chi connectivity index (χ0) is 16.1. The molecule has 0 spiro atoms. The van der Waals surface area contributed by atoms with E-state index in [0.29, 0.717) is 24.9 Å². The molecule has 2 amide bonds. The van der Waals surface area contributed by atoms with Crippen LogP contribution in [0.15, 0.2) is 18.2 Å². The summed E-state index contributed by atoms with van der Waals surface area (Å²) in [5.74, 6) is -1.48. The molecular formula is C15H16FN3O3. The summed E-state index contributed by atoms with van der Waals surface area (Å²) in [6.07, 6.45) is 1.27. The van der Waals surface area contributed by atoms with Gasteiger partial charge in [0.15, 0.2) is 0 Å². The van der Waals surface area contributed by atoms with E-state index in [1.165, 1.54) is 17.0 Å². The molecule has 1 unspecified atom stereocenters. The maximum Gasteiger partial charge on any atom is 0.314 e. The van der Waals surface area contributed by atoms with Crippen molar-refractivity contribution in [3.8, 4) is 6.07 Å². The number of carbonyl (C=O) groups excluding carboxylic acids is 2. The lowest BCUT2D eigenvalue weighted by Crippen LogP contribution is -2.45. The van der Waals surface area contributed by atoms with E-state index >= 15 is 0 Å². The number of nitrogens with two attached hydrogens (primary N) is 1. The van der Waals surface area contributed by atoms with Gasteiger partial charge in [-0.1, -0.05) is 0 Å². The van der Waals surface area contributed by atoms with Gasteiger partial charge < -0.3 is 15.4 Å². The Morgan fingerprint density at radius 3 is 2.95 bits per heavy atom. The molecule has 116 valence electrons. The average molecular weight is 305 g/mol. The van der Waals surface area contributed by atoms with Crippen molar-refractivity contribution in [3.63, 3.8) is 0 Å². The van der Waals surface area contributed by atoms with E-state index in [0.717, 1.165) is 6.07 Å². The molecule has 1 saturated heterocycles. The summed E-state index contributed by atoms with van der Waals surface area (Å²) >= 11 is 0. The summed E-state index contributed by atoms with van der Waals surface area (Å²) in [7, 11) is 0. The number of amides is 2. The van der Waals surface area contributed by atoms with E-state index in [1.807, 2.05) is 6.07 Å². The third kappa shape index (κ3) is 3.73. The van der Waals surface area contributed by atoms with Gasteiger partial charge in [-0.2, -0.15) is 5.26 Å². The van der Waals surface area contributed by atoms with Gasteiger partial charge >= 0.3 is 12.0 Å². The molecule has 1 fully saturated rings. The number of hydrogen-bond acceptors (Lipinski definition) is 4. The second-order valence-corrected chi connectivity index (χ2v) is 5.15. The Bertz CT molecular complexity index is 627. The number of nitrogens with zero attached hydrogens (tertiary/aromatic N) is 2. The van der Waals surface area contributed by atoms with Gasteiger partial charge in [-0.3, -0.25) is 4.79 Å². The minimum absolute atomic E-state index is 0.148. The number of benzene rings is 1. The first-order chi connectivity index (χ1) is 10.5. The molecule has 1 heterocycles. The minimum atomic E-state index is -0.565. The third-order valence-corrected chi connectivity index (χ3v) is 3.61. The van der Waals surface area contributed by atoms with Gasteiger partial charge in [0.2, 0.25) is 0 Å². The molecule has 7 heteroatoms. The van der Waals surface area contributed by atoms with Gasteiger partial charge in [0.25, 0.3) is 0 Å². The molecule has 0 aromatic heterocycles. The lowest BCUT2D eigenvalue weighted by atomic mass is 9.98. The molecule has 2 rings (SSSR count). The van der Waals surface area contributed by atoms with Crippen molar-refractivity contribution in [1.29, 1.82) is 5.26 Å². The van der Waals surface area contributed by atoms with Crippen LogP contribution in [0, 0.1) is 23.1 Å². The SMILES string of the molecule is N#Cc1ccc(F)c(COC(=O)C2CCCN(C(N)=O)C2)c1. The second-order valence-electron chi connectivity index (χ2n) is 5.15. The molecule has 2 N–H and O–H groups in total. The second kappa shape index (κ2) is 6.89.